The van der Waals surface area contributed by atoms with Crippen LogP contribution in [-0.2, 0) is 11.3 Å². The van der Waals surface area contributed by atoms with E-state index in [4.69, 9.17) is 10.4 Å². The second kappa shape index (κ2) is 5.41. The van der Waals surface area contributed by atoms with Gasteiger partial charge in [0, 0.05) is 18.3 Å². The summed E-state index contributed by atoms with van der Waals surface area (Å²) in [6, 6.07) is 5.47. The van der Waals surface area contributed by atoms with E-state index < -0.39 is 11.5 Å². The van der Waals surface area contributed by atoms with E-state index in [1.54, 1.807) is 26.0 Å². The summed E-state index contributed by atoms with van der Waals surface area (Å²) in [6.45, 7) is 3.74. The zero-order valence-electron chi connectivity index (χ0n) is 9.90. The number of pyridine rings is 1. The zero-order valence-corrected chi connectivity index (χ0v) is 9.90. The van der Waals surface area contributed by atoms with E-state index in [0.717, 1.165) is 0 Å². The first-order chi connectivity index (χ1) is 8.03. The zero-order chi connectivity index (χ0) is 12.9. The van der Waals surface area contributed by atoms with Crippen LogP contribution >= 0.6 is 0 Å². The number of hydrogen-bond acceptors (Lipinski definition) is 4. The van der Waals surface area contributed by atoms with Gasteiger partial charge in [0.05, 0.1) is 0 Å². The minimum absolute atomic E-state index is 0.313. The van der Waals surface area contributed by atoms with E-state index in [-0.39, 0.29) is 0 Å². The lowest BCUT2D eigenvalue weighted by Crippen LogP contribution is -2.48. The summed E-state index contributed by atoms with van der Waals surface area (Å²) in [5, 5.41) is 20.9. The van der Waals surface area contributed by atoms with Crippen molar-refractivity contribution in [3.8, 4) is 6.07 Å². The van der Waals surface area contributed by atoms with Gasteiger partial charge in [0.1, 0.15) is 17.3 Å². The third-order valence-corrected chi connectivity index (χ3v) is 2.85. The van der Waals surface area contributed by atoms with Gasteiger partial charge in [0.25, 0.3) is 0 Å². The van der Waals surface area contributed by atoms with Crippen LogP contribution in [0.2, 0.25) is 0 Å². The number of carboxylic acid groups (broad SMARTS) is 1. The molecule has 0 aliphatic heterocycles. The van der Waals surface area contributed by atoms with Gasteiger partial charge in [-0.05, 0) is 19.4 Å². The van der Waals surface area contributed by atoms with Crippen molar-refractivity contribution >= 4 is 5.97 Å². The van der Waals surface area contributed by atoms with Crippen molar-refractivity contribution in [2.75, 3.05) is 0 Å². The summed E-state index contributed by atoms with van der Waals surface area (Å²) < 4.78 is 0. The van der Waals surface area contributed by atoms with Crippen LogP contribution in [0, 0.1) is 11.3 Å². The number of nitriles is 1. The lowest BCUT2D eigenvalue weighted by Gasteiger charge is -2.24. The molecule has 0 saturated carbocycles. The molecule has 5 heteroatoms. The third kappa shape index (κ3) is 3.02. The predicted molar refractivity (Wildman–Crippen MR) is 62.1 cm³/mol. The van der Waals surface area contributed by atoms with Gasteiger partial charge in [-0.3, -0.25) is 10.1 Å². The van der Waals surface area contributed by atoms with Gasteiger partial charge in [0.15, 0.2) is 0 Å². The maximum absolute atomic E-state index is 11.1. The van der Waals surface area contributed by atoms with E-state index in [1.165, 1.54) is 6.20 Å². The summed E-state index contributed by atoms with van der Waals surface area (Å²) in [7, 11) is 0. The summed E-state index contributed by atoms with van der Waals surface area (Å²) in [5.74, 6) is -0.901. The maximum atomic E-state index is 11.1. The normalized spacial score (nSPS) is 13.7. The summed E-state index contributed by atoms with van der Waals surface area (Å²) in [4.78, 5) is 15.0. The van der Waals surface area contributed by atoms with Crippen LogP contribution in [0.5, 0.6) is 0 Å². The highest BCUT2D eigenvalue weighted by Crippen LogP contribution is 2.12. The van der Waals surface area contributed by atoms with Gasteiger partial charge >= 0.3 is 5.97 Å². The van der Waals surface area contributed by atoms with Crippen molar-refractivity contribution in [3.63, 3.8) is 0 Å². The molecule has 1 rings (SSSR count). The number of carboxylic acids is 1. The van der Waals surface area contributed by atoms with Crippen LogP contribution in [0.4, 0.5) is 0 Å². The average Bonchev–Trinajstić information content (AvgIpc) is 2.36. The third-order valence-electron chi connectivity index (χ3n) is 2.85. The fourth-order valence-corrected chi connectivity index (χ4v) is 1.32. The van der Waals surface area contributed by atoms with Crippen molar-refractivity contribution in [1.29, 1.82) is 5.26 Å². The number of aromatic nitrogens is 1. The van der Waals surface area contributed by atoms with Crippen molar-refractivity contribution < 1.29 is 9.90 Å². The Labute approximate surface area is 100 Å². The largest absolute Gasteiger partial charge is 0.480 e. The molecule has 0 radical (unpaired) electrons. The Morgan fingerprint density at radius 2 is 2.41 bits per heavy atom. The first-order valence-corrected chi connectivity index (χ1v) is 5.36. The van der Waals surface area contributed by atoms with Crippen molar-refractivity contribution in [2.24, 2.45) is 0 Å². The molecule has 17 heavy (non-hydrogen) atoms. The monoisotopic (exact) mass is 233 g/mol. The second-order valence-electron chi connectivity index (χ2n) is 3.97. The molecule has 0 aliphatic carbocycles. The van der Waals surface area contributed by atoms with Crippen LogP contribution in [-0.4, -0.2) is 21.6 Å². The first-order valence-electron chi connectivity index (χ1n) is 5.36. The molecule has 1 heterocycles. The van der Waals surface area contributed by atoms with Crippen molar-refractivity contribution in [3.05, 3.63) is 29.6 Å². The molecule has 0 fully saturated rings. The Morgan fingerprint density at radius 3 is 2.94 bits per heavy atom. The Bertz CT molecular complexity index is 453. The highest BCUT2D eigenvalue weighted by atomic mass is 16.4. The lowest BCUT2D eigenvalue weighted by molar-refractivity contribution is -0.144. The van der Waals surface area contributed by atoms with Gasteiger partial charge in [-0.25, -0.2) is 4.98 Å². The minimum Gasteiger partial charge on any atom is -0.480 e. The van der Waals surface area contributed by atoms with Crippen LogP contribution in [0.25, 0.3) is 0 Å². The number of carbonyl (C=O) groups is 1. The molecule has 1 aromatic heterocycles. The lowest BCUT2D eigenvalue weighted by atomic mass is 9.98. The molecule has 0 spiro atoms. The Morgan fingerprint density at radius 1 is 1.71 bits per heavy atom. The summed E-state index contributed by atoms with van der Waals surface area (Å²) >= 11 is 0. The smallest absolute Gasteiger partial charge is 0.323 e. The molecule has 0 aromatic carbocycles. The molecule has 1 atom stereocenters. The fourth-order valence-electron chi connectivity index (χ4n) is 1.32. The van der Waals surface area contributed by atoms with Gasteiger partial charge in [0.2, 0.25) is 0 Å². The van der Waals surface area contributed by atoms with Gasteiger partial charge < -0.3 is 5.11 Å². The quantitative estimate of drug-likeness (QED) is 0.800. The molecular weight excluding hydrogens is 218 g/mol. The molecular formula is C12H15N3O2. The Kier molecular flexibility index (Phi) is 4.18. The predicted octanol–water partition coefficient (Wildman–Crippen LogP) is 1.30. The maximum Gasteiger partial charge on any atom is 0.323 e. The van der Waals surface area contributed by atoms with Crippen LogP contribution < -0.4 is 5.32 Å². The number of nitrogens with one attached hydrogen (secondary N) is 1. The number of rotatable bonds is 5. The fraction of sp³-hybridized carbons (Fsp3) is 0.417. The summed E-state index contributed by atoms with van der Waals surface area (Å²) in [6.07, 6.45) is 2.00. The Hall–Kier alpha value is -1.93. The van der Waals surface area contributed by atoms with Gasteiger partial charge in [-0.15, -0.1) is 0 Å². The molecule has 90 valence electrons. The van der Waals surface area contributed by atoms with E-state index >= 15 is 0 Å². The molecule has 1 unspecified atom stereocenters. The minimum atomic E-state index is -0.984. The first kappa shape index (κ1) is 13.1. The molecule has 5 nitrogen and oxygen atoms in total. The van der Waals surface area contributed by atoms with Crippen molar-refractivity contribution in [1.82, 2.24) is 10.3 Å². The highest BCUT2D eigenvalue weighted by molar-refractivity contribution is 5.78. The SMILES string of the molecule is CCC(C)(NCc1cccnc1C#N)C(=O)O. The van der Waals surface area contributed by atoms with Crippen LogP contribution in [0.15, 0.2) is 18.3 Å². The summed E-state index contributed by atoms with van der Waals surface area (Å²) in [5.41, 5.74) is 0.0440. The van der Waals surface area contributed by atoms with E-state index in [9.17, 15) is 4.79 Å². The highest BCUT2D eigenvalue weighted by Gasteiger charge is 2.30. The average molecular weight is 233 g/mol. The van der Waals surface area contributed by atoms with Gasteiger partial charge in [-0.1, -0.05) is 13.0 Å². The van der Waals surface area contributed by atoms with Crippen LogP contribution in [0.3, 0.4) is 0 Å². The van der Waals surface area contributed by atoms with E-state index in [0.29, 0.717) is 24.2 Å². The van der Waals surface area contributed by atoms with Gasteiger partial charge in [-0.2, -0.15) is 5.26 Å². The topological polar surface area (TPSA) is 86.0 Å². The standard InChI is InChI=1S/C12H15N3O2/c1-3-12(2,11(16)17)15-8-9-5-4-6-14-10(9)7-13/h4-6,15H,3,8H2,1-2H3,(H,16,17). The Balaban J connectivity index is 2.80. The van der Waals surface area contributed by atoms with E-state index in [2.05, 4.69) is 10.3 Å². The number of hydrogen-bond donors (Lipinski definition) is 2. The van der Waals surface area contributed by atoms with Crippen molar-refractivity contribution in [2.45, 2.75) is 32.4 Å². The molecule has 0 amide bonds. The molecule has 1 aromatic rings. The second-order valence-corrected chi connectivity index (χ2v) is 3.97. The molecule has 2 N–H and O–H groups in total. The number of nitrogens with zero attached hydrogens (tertiary/aromatic N) is 2. The van der Waals surface area contributed by atoms with E-state index in [1.807, 2.05) is 6.07 Å². The molecule has 0 saturated heterocycles. The van der Waals surface area contributed by atoms with Crippen LogP contribution in [0.1, 0.15) is 31.5 Å². The number of aliphatic carboxylic acids is 1. The molecule has 0 bridgehead atoms. The molecule has 0 aliphatic rings.